The Bertz CT molecular complexity index is 1690. The molecule has 0 aliphatic carbocycles. The molecule has 40 heavy (non-hydrogen) atoms. The molecule has 0 spiro atoms. The highest BCUT2D eigenvalue weighted by Gasteiger charge is 2.47. The molecule has 200 valence electrons. The van der Waals surface area contributed by atoms with Gasteiger partial charge in [-0.15, -0.1) is 0 Å². The van der Waals surface area contributed by atoms with E-state index in [9.17, 15) is 14.0 Å². The number of rotatable bonds is 7. The Labute approximate surface area is 232 Å². The number of H-pyrrole nitrogens is 1. The largest absolute Gasteiger partial charge is 0.354 e. The van der Waals surface area contributed by atoms with Crippen LogP contribution in [-0.4, -0.2) is 27.7 Å². The van der Waals surface area contributed by atoms with E-state index in [0.717, 1.165) is 33.3 Å². The molecule has 2 heterocycles. The number of hydrogen-bond acceptors (Lipinski definition) is 2. The number of hydrogen-bond donors (Lipinski definition) is 2. The van der Waals surface area contributed by atoms with Crippen molar-refractivity contribution in [1.82, 2.24) is 9.88 Å². The van der Waals surface area contributed by atoms with Crippen LogP contribution in [0.3, 0.4) is 0 Å². The highest BCUT2D eigenvalue weighted by Crippen LogP contribution is 2.47. The number of para-hydroxylation sites is 1. The molecule has 0 radical (unpaired) electrons. The summed E-state index contributed by atoms with van der Waals surface area (Å²) < 4.78 is 13.6. The molecule has 5 nitrogen and oxygen atoms in total. The summed E-state index contributed by atoms with van der Waals surface area (Å²) in [6.45, 7) is 4.02. The van der Waals surface area contributed by atoms with Crippen LogP contribution in [0.4, 0.5) is 10.1 Å². The first-order chi connectivity index (χ1) is 19.5. The van der Waals surface area contributed by atoms with E-state index in [2.05, 4.69) is 28.5 Å². The van der Waals surface area contributed by atoms with Crippen LogP contribution in [0.1, 0.15) is 47.8 Å². The molecule has 2 amide bonds. The van der Waals surface area contributed by atoms with Gasteiger partial charge in [0.15, 0.2) is 0 Å². The summed E-state index contributed by atoms with van der Waals surface area (Å²) in [5.41, 5.74) is 5.80. The van der Waals surface area contributed by atoms with Crippen LogP contribution < -0.4 is 5.32 Å². The van der Waals surface area contributed by atoms with Gasteiger partial charge in [-0.3, -0.25) is 9.59 Å². The summed E-state index contributed by atoms with van der Waals surface area (Å²) in [5.74, 6) is -1.00. The molecular formula is C34H30FN3O2. The fourth-order valence-electron chi connectivity index (χ4n) is 5.83. The minimum atomic E-state index is -0.766. The van der Waals surface area contributed by atoms with Crippen molar-refractivity contribution in [2.45, 2.75) is 32.4 Å². The van der Waals surface area contributed by atoms with Crippen molar-refractivity contribution in [3.05, 3.63) is 126 Å². The average Bonchev–Trinajstić information content (AvgIpc) is 3.50. The highest BCUT2D eigenvalue weighted by molar-refractivity contribution is 6.06. The number of carbonyl (C=O) groups excluding carboxylic acids is 2. The molecule has 1 aromatic heterocycles. The number of amides is 2. The maximum absolute atomic E-state index is 14.2. The molecule has 2 N–H and O–H groups in total. The molecule has 1 aliphatic rings. The quantitative estimate of drug-likeness (QED) is 0.227. The Morgan fingerprint density at radius 2 is 1.60 bits per heavy atom. The number of halogens is 1. The molecule has 5 aromatic rings. The average molecular weight is 532 g/mol. The molecule has 3 unspecified atom stereocenters. The topological polar surface area (TPSA) is 65.2 Å². The van der Waals surface area contributed by atoms with Crippen molar-refractivity contribution in [2.24, 2.45) is 5.92 Å². The second kappa shape index (κ2) is 10.5. The summed E-state index contributed by atoms with van der Waals surface area (Å²) in [4.78, 5) is 33.6. The third kappa shape index (κ3) is 4.35. The van der Waals surface area contributed by atoms with E-state index in [1.54, 1.807) is 4.90 Å². The smallest absolute Gasteiger partial charge is 0.255 e. The second-order valence-electron chi connectivity index (χ2n) is 10.4. The van der Waals surface area contributed by atoms with Crippen LogP contribution in [0.25, 0.3) is 22.2 Å². The van der Waals surface area contributed by atoms with Crippen molar-refractivity contribution in [3.8, 4) is 11.3 Å². The number of anilines is 1. The van der Waals surface area contributed by atoms with Gasteiger partial charge in [0.25, 0.3) is 5.91 Å². The zero-order valence-electron chi connectivity index (χ0n) is 22.4. The predicted octanol–water partition coefficient (Wildman–Crippen LogP) is 7.57. The highest BCUT2D eigenvalue weighted by atomic mass is 19.1. The number of aromatic nitrogens is 1. The number of nitrogens with zero attached hydrogens (tertiary/aromatic N) is 1. The third-order valence-corrected chi connectivity index (χ3v) is 7.94. The molecule has 1 aliphatic heterocycles. The minimum absolute atomic E-state index is 0.147. The van der Waals surface area contributed by atoms with Crippen LogP contribution in [0.2, 0.25) is 0 Å². The second-order valence-corrected chi connectivity index (χ2v) is 10.4. The lowest BCUT2D eigenvalue weighted by molar-refractivity contribution is -0.122. The summed E-state index contributed by atoms with van der Waals surface area (Å²) in [6.07, 6.45) is 0.688. The molecule has 0 saturated heterocycles. The Morgan fingerprint density at radius 1 is 0.925 bits per heavy atom. The lowest BCUT2D eigenvalue weighted by Gasteiger charge is -2.36. The first kappa shape index (κ1) is 25.6. The summed E-state index contributed by atoms with van der Waals surface area (Å²) in [6, 6.07) is 30.2. The standard InChI is InChI=1S/C34H30FN3O2/c1-3-21(2)31(33(39)36-24-19-17-23(35)18-20-24)38-32(25-13-7-8-14-26(25)34(38)40)29-27-15-9-10-16-28(27)37-30(29)22-11-5-4-6-12-22/h4-21,31-32,37H,3H2,1-2H3,(H,36,39). The number of carbonyl (C=O) groups is 2. The third-order valence-electron chi connectivity index (χ3n) is 7.94. The van der Waals surface area contributed by atoms with Crippen molar-refractivity contribution < 1.29 is 14.0 Å². The van der Waals surface area contributed by atoms with Gasteiger partial charge in [-0.1, -0.05) is 87.0 Å². The number of nitrogens with one attached hydrogen (secondary N) is 2. The summed E-state index contributed by atoms with van der Waals surface area (Å²) in [7, 11) is 0. The molecule has 3 atom stereocenters. The monoisotopic (exact) mass is 531 g/mol. The Balaban J connectivity index is 1.55. The number of benzene rings is 4. The molecule has 0 fully saturated rings. The Hall–Kier alpha value is -4.71. The number of fused-ring (bicyclic) bond motifs is 2. The first-order valence-electron chi connectivity index (χ1n) is 13.6. The molecule has 4 aromatic carbocycles. The van der Waals surface area contributed by atoms with E-state index in [-0.39, 0.29) is 23.5 Å². The molecule has 0 saturated carbocycles. The van der Waals surface area contributed by atoms with Crippen molar-refractivity contribution in [1.29, 1.82) is 0 Å². The van der Waals surface area contributed by atoms with E-state index in [1.807, 2.05) is 74.5 Å². The molecular weight excluding hydrogens is 501 g/mol. The van der Waals surface area contributed by atoms with Crippen LogP contribution in [0, 0.1) is 11.7 Å². The molecule has 0 bridgehead atoms. The maximum Gasteiger partial charge on any atom is 0.255 e. The van der Waals surface area contributed by atoms with E-state index in [1.165, 1.54) is 24.3 Å². The van der Waals surface area contributed by atoms with Crippen LogP contribution in [0.15, 0.2) is 103 Å². The summed E-state index contributed by atoms with van der Waals surface area (Å²) in [5, 5.41) is 3.95. The van der Waals surface area contributed by atoms with Gasteiger partial charge in [-0.25, -0.2) is 4.39 Å². The van der Waals surface area contributed by atoms with Gasteiger partial charge in [0.2, 0.25) is 5.91 Å². The zero-order valence-corrected chi connectivity index (χ0v) is 22.4. The minimum Gasteiger partial charge on any atom is -0.354 e. The van der Waals surface area contributed by atoms with Gasteiger partial charge in [-0.05, 0) is 53.4 Å². The van der Waals surface area contributed by atoms with Crippen LogP contribution in [-0.2, 0) is 4.79 Å². The predicted molar refractivity (Wildman–Crippen MR) is 156 cm³/mol. The number of aromatic amines is 1. The SMILES string of the molecule is CCC(C)C(C(=O)Nc1ccc(F)cc1)N1C(=O)c2ccccc2C1c1c(-c2ccccc2)[nH]c2ccccc12. The zero-order chi connectivity index (χ0) is 27.8. The van der Waals surface area contributed by atoms with Gasteiger partial charge in [0.05, 0.1) is 11.7 Å². The van der Waals surface area contributed by atoms with E-state index in [0.29, 0.717) is 17.7 Å². The van der Waals surface area contributed by atoms with E-state index >= 15 is 0 Å². The van der Waals surface area contributed by atoms with Gasteiger partial charge < -0.3 is 15.2 Å². The van der Waals surface area contributed by atoms with Crippen LogP contribution in [0.5, 0.6) is 0 Å². The first-order valence-corrected chi connectivity index (χ1v) is 13.6. The lowest BCUT2D eigenvalue weighted by Crippen LogP contribution is -2.50. The van der Waals surface area contributed by atoms with Gasteiger partial charge in [-0.2, -0.15) is 0 Å². The Kier molecular flexibility index (Phi) is 6.68. The van der Waals surface area contributed by atoms with Gasteiger partial charge in [0, 0.05) is 27.7 Å². The molecule has 6 rings (SSSR count). The van der Waals surface area contributed by atoms with Crippen LogP contribution >= 0.6 is 0 Å². The van der Waals surface area contributed by atoms with E-state index < -0.39 is 12.1 Å². The maximum atomic E-state index is 14.2. The summed E-state index contributed by atoms with van der Waals surface area (Å²) >= 11 is 0. The van der Waals surface area contributed by atoms with Crippen molar-refractivity contribution in [2.75, 3.05) is 5.32 Å². The van der Waals surface area contributed by atoms with Gasteiger partial charge >= 0.3 is 0 Å². The Morgan fingerprint density at radius 3 is 2.35 bits per heavy atom. The van der Waals surface area contributed by atoms with Crippen molar-refractivity contribution >= 4 is 28.4 Å². The van der Waals surface area contributed by atoms with E-state index in [4.69, 9.17) is 0 Å². The lowest BCUT2D eigenvalue weighted by atomic mass is 9.90. The van der Waals surface area contributed by atoms with Gasteiger partial charge in [0.1, 0.15) is 11.9 Å². The fraction of sp³-hybridized carbons (Fsp3) is 0.176. The van der Waals surface area contributed by atoms with Crippen molar-refractivity contribution in [3.63, 3.8) is 0 Å². The normalized spacial score (nSPS) is 16.1. The fourth-order valence-corrected chi connectivity index (χ4v) is 5.83. The molecule has 6 heteroatoms.